The number of nitrogens with zero attached hydrogens (tertiary/aromatic N) is 1. The molecule has 3 amide bonds. The van der Waals surface area contributed by atoms with Crippen LogP contribution in [0.15, 0.2) is 60.7 Å². The van der Waals surface area contributed by atoms with E-state index in [0.29, 0.717) is 24.2 Å². The van der Waals surface area contributed by atoms with Gasteiger partial charge in [0.25, 0.3) is 5.91 Å². The lowest BCUT2D eigenvalue weighted by Gasteiger charge is -2.28. The van der Waals surface area contributed by atoms with Gasteiger partial charge in [0, 0.05) is 25.6 Å². The maximum Gasteiger partial charge on any atom is 0.325 e. The molecule has 2 aromatic rings. The van der Waals surface area contributed by atoms with Gasteiger partial charge in [0.1, 0.15) is 0 Å². The predicted molar refractivity (Wildman–Crippen MR) is 119 cm³/mol. The second kappa shape index (κ2) is 8.61. The maximum absolute atomic E-state index is 13.7. The van der Waals surface area contributed by atoms with E-state index in [1.165, 1.54) is 4.90 Å². The van der Waals surface area contributed by atoms with Gasteiger partial charge in [-0.3, -0.25) is 14.5 Å². The molecule has 3 aliphatic heterocycles. The van der Waals surface area contributed by atoms with E-state index >= 15 is 0 Å². The quantitative estimate of drug-likeness (QED) is 0.420. The van der Waals surface area contributed by atoms with E-state index in [0.717, 1.165) is 12.8 Å². The van der Waals surface area contributed by atoms with E-state index < -0.39 is 23.5 Å². The van der Waals surface area contributed by atoms with Gasteiger partial charge < -0.3 is 20.5 Å². The summed E-state index contributed by atoms with van der Waals surface area (Å²) in [5.41, 5.74) is 0.133. The molecule has 4 atom stereocenters. The molecule has 5 rings (SSSR count). The molecule has 2 aromatic carbocycles. The summed E-state index contributed by atoms with van der Waals surface area (Å²) in [4.78, 5) is 39.5. The number of carbonyl (C=O) groups excluding carboxylic acids is 2. The van der Waals surface area contributed by atoms with Gasteiger partial charge in [-0.2, -0.15) is 0 Å². The SMILES string of the molecule is O=C(O)C1C2CCC(O2)C1CNCCN1C(=O)NC(c2ccccc2)(c2ccccc2)C1=O. The zero-order chi connectivity index (χ0) is 23.0. The van der Waals surface area contributed by atoms with Crippen molar-refractivity contribution in [1.82, 2.24) is 15.5 Å². The number of carboxylic acid groups (broad SMARTS) is 1. The fraction of sp³-hybridized carbons (Fsp3) is 0.400. The van der Waals surface area contributed by atoms with Crippen molar-refractivity contribution in [2.24, 2.45) is 11.8 Å². The molecule has 3 aliphatic rings. The highest BCUT2D eigenvalue weighted by Crippen LogP contribution is 2.43. The van der Waals surface area contributed by atoms with Crippen LogP contribution in [0.3, 0.4) is 0 Å². The Balaban J connectivity index is 1.29. The van der Waals surface area contributed by atoms with Gasteiger partial charge in [0.05, 0.1) is 18.1 Å². The number of ether oxygens (including phenoxy) is 1. The van der Waals surface area contributed by atoms with Crippen LogP contribution in [0.25, 0.3) is 0 Å². The molecule has 3 saturated heterocycles. The molecule has 4 unspecified atom stereocenters. The minimum Gasteiger partial charge on any atom is -0.481 e. The molecule has 0 spiro atoms. The van der Waals surface area contributed by atoms with Gasteiger partial charge in [0.2, 0.25) is 0 Å². The summed E-state index contributed by atoms with van der Waals surface area (Å²) in [6, 6.07) is 18.1. The average Bonchev–Trinajstić information content (AvgIpc) is 3.51. The number of amides is 3. The summed E-state index contributed by atoms with van der Waals surface area (Å²) in [6.07, 6.45) is 1.43. The first-order valence-corrected chi connectivity index (χ1v) is 11.4. The van der Waals surface area contributed by atoms with Crippen LogP contribution < -0.4 is 10.6 Å². The Kier molecular flexibility index (Phi) is 5.64. The van der Waals surface area contributed by atoms with E-state index in [1.807, 2.05) is 60.7 Å². The molecule has 8 nitrogen and oxygen atoms in total. The number of fused-ring (bicyclic) bond motifs is 2. The fourth-order valence-electron chi connectivity index (χ4n) is 5.55. The fourth-order valence-corrected chi connectivity index (χ4v) is 5.55. The third-order valence-electron chi connectivity index (χ3n) is 7.12. The number of imide groups is 1. The number of hydrogen-bond acceptors (Lipinski definition) is 5. The van der Waals surface area contributed by atoms with E-state index in [4.69, 9.17) is 4.74 Å². The summed E-state index contributed by atoms with van der Waals surface area (Å²) in [6.45, 7) is 1.04. The Bertz CT molecular complexity index is 1010. The largest absolute Gasteiger partial charge is 0.481 e. The van der Waals surface area contributed by atoms with Crippen molar-refractivity contribution in [3.8, 4) is 0 Å². The highest BCUT2D eigenvalue weighted by molar-refractivity contribution is 6.09. The monoisotopic (exact) mass is 449 g/mol. The van der Waals surface area contributed by atoms with Crippen molar-refractivity contribution in [3.63, 3.8) is 0 Å². The molecule has 3 heterocycles. The van der Waals surface area contributed by atoms with Crippen LogP contribution >= 0.6 is 0 Å². The highest BCUT2D eigenvalue weighted by atomic mass is 16.5. The lowest BCUT2D eigenvalue weighted by molar-refractivity contribution is -0.144. The molecule has 8 heteroatoms. The van der Waals surface area contributed by atoms with Crippen molar-refractivity contribution in [3.05, 3.63) is 71.8 Å². The molecule has 2 bridgehead atoms. The molecular formula is C25H27N3O5. The van der Waals surface area contributed by atoms with E-state index in [-0.39, 0.29) is 30.6 Å². The second-order valence-electron chi connectivity index (χ2n) is 8.89. The Morgan fingerprint density at radius 3 is 2.24 bits per heavy atom. The van der Waals surface area contributed by atoms with Crippen LogP contribution in [0.5, 0.6) is 0 Å². The smallest absolute Gasteiger partial charge is 0.325 e. The van der Waals surface area contributed by atoms with Crippen LogP contribution in [0, 0.1) is 11.8 Å². The Labute approximate surface area is 191 Å². The van der Waals surface area contributed by atoms with Crippen molar-refractivity contribution < 1.29 is 24.2 Å². The van der Waals surface area contributed by atoms with Gasteiger partial charge in [-0.05, 0) is 24.0 Å². The number of aliphatic carboxylic acids is 1. The topological polar surface area (TPSA) is 108 Å². The number of carbonyl (C=O) groups is 3. The number of benzene rings is 2. The molecule has 3 N–H and O–H groups in total. The Hall–Kier alpha value is -3.23. The molecular weight excluding hydrogens is 422 g/mol. The molecule has 172 valence electrons. The minimum absolute atomic E-state index is 0.0378. The third-order valence-corrected chi connectivity index (χ3v) is 7.12. The lowest BCUT2D eigenvalue weighted by atomic mass is 9.79. The summed E-state index contributed by atoms with van der Waals surface area (Å²) in [5.74, 6) is -1.74. The van der Waals surface area contributed by atoms with Crippen LogP contribution in [0.4, 0.5) is 4.79 Å². The molecule has 0 radical (unpaired) electrons. The molecule has 0 saturated carbocycles. The zero-order valence-corrected chi connectivity index (χ0v) is 18.1. The maximum atomic E-state index is 13.7. The normalized spacial score (nSPS) is 27.7. The Morgan fingerprint density at radius 1 is 1.03 bits per heavy atom. The number of nitrogens with one attached hydrogen (secondary N) is 2. The highest BCUT2D eigenvalue weighted by Gasteiger charge is 2.54. The van der Waals surface area contributed by atoms with Crippen LogP contribution in [-0.2, 0) is 19.9 Å². The third kappa shape index (κ3) is 3.59. The standard InChI is InChI=1S/C25H27N3O5/c29-22(30)21-18(19-11-12-20(21)33-19)15-26-13-14-28-23(31)25(27-24(28)32,16-7-3-1-4-8-16)17-9-5-2-6-10-17/h1-10,18-21,26H,11-15H2,(H,27,32)(H,29,30). The summed E-state index contributed by atoms with van der Waals surface area (Å²) in [5, 5.41) is 15.8. The van der Waals surface area contributed by atoms with E-state index in [2.05, 4.69) is 10.6 Å². The summed E-state index contributed by atoms with van der Waals surface area (Å²) < 4.78 is 5.80. The first-order chi connectivity index (χ1) is 16.0. The van der Waals surface area contributed by atoms with Crippen molar-refractivity contribution in [2.45, 2.75) is 30.6 Å². The second-order valence-corrected chi connectivity index (χ2v) is 8.89. The van der Waals surface area contributed by atoms with Crippen molar-refractivity contribution in [2.75, 3.05) is 19.6 Å². The van der Waals surface area contributed by atoms with Crippen LogP contribution in [0.2, 0.25) is 0 Å². The van der Waals surface area contributed by atoms with Gasteiger partial charge in [-0.25, -0.2) is 4.79 Å². The predicted octanol–water partition coefficient (Wildman–Crippen LogP) is 1.95. The summed E-state index contributed by atoms with van der Waals surface area (Å²) >= 11 is 0. The summed E-state index contributed by atoms with van der Waals surface area (Å²) in [7, 11) is 0. The van der Waals surface area contributed by atoms with Gasteiger partial charge >= 0.3 is 12.0 Å². The van der Waals surface area contributed by atoms with Crippen molar-refractivity contribution >= 4 is 17.9 Å². The van der Waals surface area contributed by atoms with E-state index in [9.17, 15) is 19.5 Å². The lowest BCUT2D eigenvalue weighted by Crippen LogP contribution is -2.46. The Morgan fingerprint density at radius 2 is 1.64 bits per heavy atom. The van der Waals surface area contributed by atoms with Crippen LogP contribution in [-0.4, -0.2) is 59.8 Å². The zero-order valence-electron chi connectivity index (χ0n) is 18.1. The average molecular weight is 450 g/mol. The van der Waals surface area contributed by atoms with Gasteiger partial charge in [-0.1, -0.05) is 60.7 Å². The number of carboxylic acids is 1. The van der Waals surface area contributed by atoms with Crippen molar-refractivity contribution in [1.29, 1.82) is 0 Å². The molecule has 0 aliphatic carbocycles. The van der Waals surface area contributed by atoms with Gasteiger partial charge in [-0.15, -0.1) is 0 Å². The number of urea groups is 1. The molecule has 33 heavy (non-hydrogen) atoms. The first-order valence-electron chi connectivity index (χ1n) is 11.4. The first kappa shape index (κ1) is 21.6. The van der Waals surface area contributed by atoms with Crippen LogP contribution in [0.1, 0.15) is 24.0 Å². The number of rotatable bonds is 8. The molecule has 3 fully saturated rings. The minimum atomic E-state index is -1.27. The van der Waals surface area contributed by atoms with E-state index in [1.54, 1.807) is 0 Å². The molecule has 0 aromatic heterocycles. The number of hydrogen-bond donors (Lipinski definition) is 3. The van der Waals surface area contributed by atoms with Gasteiger partial charge in [0.15, 0.2) is 5.54 Å².